The molecule has 0 spiro atoms. The molecule has 1 saturated heterocycles. The van der Waals surface area contributed by atoms with Gasteiger partial charge in [-0.3, -0.25) is 4.79 Å². The minimum absolute atomic E-state index is 0.0399. The van der Waals surface area contributed by atoms with Crippen molar-refractivity contribution in [2.45, 2.75) is 43.1 Å². The highest BCUT2D eigenvalue weighted by molar-refractivity contribution is 7.99. The highest BCUT2D eigenvalue weighted by Crippen LogP contribution is 2.29. The topological polar surface area (TPSA) is 51.2 Å². The van der Waals surface area contributed by atoms with E-state index in [-0.39, 0.29) is 23.8 Å². The Balaban J connectivity index is 1.78. The normalized spacial score (nSPS) is 19.9. The number of thioether (sulfide) groups is 1. The second-order valence-electron chi connectivity index (χ2n) is 5.08. The predicted molar refractivity (Wildman–Crippen MR) is 76.5 cm³/mol. The number of carbonyl (C=O) groups excluding carboxylic acids is 1. The molecule has 22 heavy (non-hydrogen) atoms. The molecule has 0 radical (unpaired) electrons. The number of aromatic nitrogens is 1. The van der Waals surface area contributed by atoms with Crippen LogP contribution >= 0.6 is 11.8 Å². The molecule has 2 unspecified atom stereocenters. The Morgan fingerprint density at radius 3 is 2.86 bits per heavy atom. The van der Waals surface area contributed by atoms with Gasteiger partial charge in [0.1, 0.15) is 0 Å². The average molecular weight is 334 g/mol. The third kappa shape index (κ3) is 4.88. The highest BCUT2D eigenvalue weighted by Gasteiger charge is 2.30. The van der Waals surface area contributed by atoms with E-state index in [1.165, 1.54) is 6.07 Å². The van der Waals surface area contributed by atoms with E-state index in [2.05, 4.69) is 10.3 Å². The van der Waals surface area contributed by atoms with Crippen LogP contribution in [0.3, 0.4) is 0 Å². The lowest BCUT2D eigenvalue weighted by Crippen LogP contribution is -2.41. The number of hydrogen-bond acceptors (Lipinski definition) is 4. The van der Waals surface area contributed by atoms with Gasteiger partial charge in [-0.2, -0.15) is 13.2 Å². The Morgan fingerprint density at radius 1 is 1.55 bits per heavy atom. The summed E-state index contributed by atoms with van der Waals surface area (Å²) < 4.78 is 42.7. The quantitative estimate of drug-likeness (QED) is 0.841. The zero-order valence-corrected chi connectivity index (χ0v) is 12.8. The highest BCUT2D eigenvalue weighted by atomic mass is 32.2. The summed E-state index contributed by atoms with van der Waals surface area (Å²) in [5, 5.41) is 3.22. The molecule has 2 atom stereocenters. The molecule has 0 saturated carbocycles. The molecule has 0 aliphatic carbocycles. The zero-order chi connectivity index (χ0) is 16.2. The van der Waals surface area contributed by atoms with Gasteiger partial charge in [0.15, 0.2) is 0 Å². The van der Waals surface area contributed by atoms with E-state index < -0.39 is 11.7 Å². The van der Waals surface area contributed by atoms with Crippen molar-refractivity contribution in [1.82, 2.24) is 10.3 Å². The van der Waals surface area contributed by atoms with Gasteiger partial charge in [0.2, 0.25) is 5.91 Å². The summed E-state index contributed by atoms with van der Waals surface area (Å²) >= 11 is 1.10. The molecule has 2 heterocycles. The van der Waals surface area contributed by atoms with E-state index in [0.717, 1.165) is 43.5 Å². The maximum atomic E-state index is 12.4. The molecule has 4 nitrogen and oxygen atoms in total. The maximum Gasteiger partial charge on any atom is 0.417 e. The van der Waals surface area contributed by atoms with Crippen LogP contribution in [0.1, 0.15) is 25.3 Å². The Morgan fingerprint density at radius 2 is 2.32 bits per heavy atom. The summed E-state index contributed by atoms with van der Waals surface area (Å²) in [6, 6.07) is 2.16. The van der Waals surface area contributed by atoms with Crippen LogP contribution in [0.2, 0.25) is 0 Å². The average Bonchev–Trinajstić information content (AvgIpc) is 2.99. The maximum absolute atomic E-state index is 12.4. The molecule has 1 aromatic heterocycles. The van der Waals surface area contributed by atoms with Crippen LogP contribution in [-0.4, -0.2) is 35.4 Å². The smallest absolute Gasteiger partial charge is 0.376 e. The fraction of sp³-hybridized carbons (Fsp3) is 0.571. The van der Waals surface area contributed by atoms with Crippen LogP contribution in [0, 0.1) is 0 Å². The fourth-order valence-electron chi connectivity index (χ4n) is 2.16. The largest absolute Gasteiger partial charge is 0.417 e. The number of pyridine rings is 1. The molecule has 1 amide bonds. The van der Waals surface area contributed by atoms with Gasteiger partial charge >= 0.3 is 6.18 Å². The van der Waals surface area contributed by atoms with Crippen LogP contribution in [0.5, 0.6) is 0 Å². The third-order valence-corrected chi connectivity index (χ3v) is 4.27. The van der Waals surface area contributed by atoms with E-state index >= 15 is 0 Å². The number of hydrogen-bond donors (Lipinski definition) is 1. The van der Waals surface area contributed by atoms with Gasteiger partial charge in [-0.25, -0.2) is 4.98 Å². The van der Waals surface area contributed by atoms with Crippen molar-refractivity contribution >= 4 is 17.7 Å². The van der Waals surface area contributed by atoms with Crippen LogP contribution in [0.4, 0.5) is 13.2 Å². The first-order chi connectivity index (χ1) is 10.4. The van der Waals surface area contributed by atoms with Crippen LogP contribution < -0.4 is 5.32 Å². The van der Waals surface area contributed by atoms with Gasteiger partial charge < -0.3 is 10.1 Å². The van der Waals surface area contributed by atoms with E-state index in [1.807, 2.05) is 6.92 Å². The van der Waals surface area contributed by atoms with Gasteiger partial charge in [-0.15, -0.1) is 0 Å². The molecule has 122 valence electrons. The Kier molecular flexibility index (Phi) is 5.69. The second-order valence-corrected chi connectivity index (χ2v) is 6.07. The van der Waals surface area contributed by atoms with Crippen molar-refractivity contribution in [2.75, 3.05) is 12.4 Å². The van der Waals surface area contributed by atoms with E-state index in [4.69, 9.17) is 4.74 Å². The molecule has 1 aliphatic rings. The molecule has 8 heteroatoms. The van der Waals surface area contributed by atoms with Gasteiger partial charge in [-0.05, 0) is 31.9 Å². The number of amides is 1. The van der Waals surface area contributed by atoms with Crippen molar-refractivity contribution in [2.24, 2.45) is 0 Å². The lowest BCUT2D eigenvalue weighted by Gasteiger charge is -2.19. The van der Waals surface area contributed by atoms with Crippen molar-refractivity contribution in [3.8, 4) is 0 Å². The molecule has 0 aromatic carbocycles. The molecule has 1 fully saturated rings. The third-order valence-electron chi connectivity index (χ3n) is 3.33. The minimum atomic E-state index is -4.40. The van der Waals surface area contributed by atoms with E-state index in [9.17, 15) is 18.0 Å². The summed E-state index contributed by atoms with van der Waals surface area (Å²) in [4.78, 5) is 15.5. The Hall–Kier alpha value is -1.28. The molecular formula is C14H17F3N2O2S. The van der Waals surface area contributed by atoms with Crippen molar-refractivity contribution in [3.05, 3.63) is 23.9 Å². The summed E-state index contributed by atoms with van der Waals surface area (Å²) in [6.45, 7) is 2.60. The molecule has 2 rings (SSSR count). The lowest BCUT2D eigenvalue weighted by molar-refractivity contribution is -0.137. The fourth-order valence-corrected chi connectivity index (χ4v) is 2.81. The van der Waals surface area contributed by atoms with Gasteiger partial charge in [-0.1, -0.05) is 11.8 Å². The van der Waals surface area contributed by atoms with E-state index in [0.29, 0.717) is 5.03 Å². The first kappa shape index (κ1) is 17.1. The number of ether oxygens (including phenoxy) is 1. The standard InChI is InChI=1S/C14H17F3N2O2S/c1-9(11-3-2-6-21-11)19-12(20)8-22-13-5-4-10(7-18-13)14(15,16)17/h4-5,7,9,11H,2-3,6,8H2,1H3,(H,19,20). The minimum Gasteiger partial charge on any atom is -0.376 e. The number of rotatable bonds is 5. The molecule has 1 N–H and O–H groups in total. The molecular weight excluding hydrogens is 317 g/mol. The Bertz CT molecular complexity index is 502. The first-order valence-corrected chi connectivity index (χ1v) is 7.92. The monoisotopic (exact) mass is 334 g/mol. The summed E-state index contributed by atoms with van der Waals surface area (Å²) in [6.07, 6.45) is -1.66. The summed E-state index contributed by atoms with van der Waals surface area (Å²) in [5.41, 5.74) is -0.798. The van der Waals surface area contributed by atoms with Gasteiger partial charge in [0.05, 0.1) is 28.5 Å². The van der Waals surface area contributed by atoms with Crippen LogP contribution in [-0.2, 0) is 15.7 Å². The molecule has 1 aromatic rings. The van der Waals surface area contributed by atoms with Gasteiger partial charge in [0, 0.05) is 12.8 Å². The van der Waals surface area contributed by atoms with Crippen molar-refractivity contribution in [1.29, 1.82) is 0 Å². The van der Waals surface area contributed by atoms with Gasteiger partial charge in [0.25, 0.3) is 0 Å². The second kappa shape index (κ2) is 7.32. The molecule has 0 bridgehead atoms. The summed E-state index contributed by atoms with van der Waals surface area (Å²) in [7, 11) is 0. The first-order valence-electron chi connectivity index (χ1n) is 6.93. The van der Waals surface area contributed by atoms with Crippen molar-refractivity contribution < 1.29 is 22.7 Å². The Labute approximate surface area is 130 Å². The number of nitrogens with zero attached hydrogens (tertiary/aromatic N) is 1. The number of halogens is 3. The SMILES string of the molecule is CC(NC(=O)CSc1ccc(C(F)(F)F)cn1)C1CCCO1. The van der Waals surface area contributed by atoms with Crippen LogP contribution in [0.25, 0.3) is 0 Å². The van der Waals surface area contributed by atoms with E-state index in [1.54, 1.807) is 0 Å². The number of carbonyl (C=O) groups is 1. The number of alkyl halides is 3. The van der Waals surface area contributed by atoms with Crippen molar-refractivity contribution in [3.63, 3.8) is 0 Å². The summed E-state index contributed by atoms with van der Waals surface area (Å²) in [5.74, 6) is -0.0789. The molecule has 1 aliphatic heterocycles. The zero-order valence-electron chi connectivity index (χ0n) is 12.0. The predicted octanol–water partition coefficient (Wildman–Crippen LogP) is 2.88. The lowest BCUT2D eigenvalue weighted by atomic mass is 10.1. The number of nitrogens with one attached hydrogen (secondary N) is 1. The van der Waals surface area contributed by atoms with Crippen LogP contribution in [0.15, 0.2) is 23.4 Å².